The van der Waals surface area contributed by atoms with E-state index < -0.39 is 0 Å². The number of nitrogens with zero attached hydrogens (tertiary/aromatic N) is 1. The lowest BCUT2D eigenvalue weighted by molar-refractivity contribution is -0.121. The lowest BCUT2D eigenvalue weighted by Crippen LogP contribution is -2.33. The predicted octanol–water partition coefficient (Wildman–Crippen LogP) is 0.903. The van der Waals surface area contributed by atoms with Crippen LogP contribution in [0.4, 0.5) is 0 Å². The van der Waals surface area contributed by atoms with Gasteiger partial charge in [-0.3, -0.25) is 9.69 Å². The van der Waals surface area contributed by atoms with Gasteiger partial charge in [-0.2, -0.15) is 0 Å². The second-order valence-corrected chi connectivity index (χ2v) is 3.94. The molecule has 15 heavy (non-hydrogen) atoms. The minimum atomic E-state index is 0.369. The lowest BCUT2D eigenvalue weighted by Gasteiger charge is -2.24. The van der Waals surface area contributed by atoms with Crippen LogP contribution in [0, 0.1) is 0 Å². The second-order valence-electron chi connectivity index (χ2n) is 3.94. The van der Waals surface area contributed by atoms with Crippen LogP contribution in [0.1, 0.15) is 24.2 Å². The van der Waals surface area contributed by atoms with Crippen LogP contribution < -0.4 is 5.73 Å². The largest absolute Gasteiger partial charge is 0.468 e. The third-order valence-electron chi connectivity index (χ3n) is 2.74. The summed E-state index contributed by atoms with van der Waals surface area (Å²) in [4.78, 5) is 13.3. The summed E-state index contributed by atoms with van der Waals surface area (Å²) in [6, 6.07) is 1.98. The molecule has 1 aliphatic rings. The molecule has 2 N–H and O–H groups in total. The van der Waals surface area contributed by atoms with Gasteiger partial charge in [0.1, 0.15) is 11.5 Å². The van der Waals surface area contributed by atoms with Crippen molar-refractivity contribution in [1.29, 1.82) is 0 Å². The molecular weight excluding hydrogens is 192 g/mol. The fourth-order valence-corrected chi connectivity index (χ4v) is 1.80. The van der Waals surface area contributed by atoms with Gasteiger partial charge in [0.2, 0.25) is 0 Å². The molecule has 0 spiro atoms. The summed E-state index contributed by atoms with van der Waals surface area (Å²) in [5.74, 6) is 1.30. The van der Waals surface area contributed by atoms with Gasteiger partial charge in [-0.25, -0.2) is 0 Å². The lowest BCUT2D eigenvalue weighted by atomic mass is 10.1. The number of carbonyl (C=O) groups is 1. The van der Waals surface area contributed by atoms with Crippen molar-refractivity contribution in [2.24, 2.45) is 5.73 Å². The maximum atomic E-state index is 11.0. The normalized spacial score (nSPS) is 18.3. The fraction of sp³-hybridized carbons (Fsp3) is 0.545. The Labute approximate surface area is 89.0 Å². The highest BCUT2D eigenvalue weighted by atomic mass is 16.3. The van der Waals surface area contributed by atoms with E-state index >= 15 is 0 Å². The Morgan fingerprint density at radius 2 is 2.13 bits per heavy atom. The topological polar surface area (TPSA) is 59.5 Å². The van der Waals surface area contributed by atoms with Crippen LogP contribution in [0.25, 0.3) is 0 Å². The summed E-state index contributed by atoms with van der Waals surface area (Å²) < 4.78 is 5.38. The number of carbonyl (C=O) groups excluding carboxylic acids is 1. The first-order valence-corrected chi connectivity index (χ1v) is 5.28. The Bertz CT molecular complexity index is 336. The molecule has 1 aromatic rings. The maximum Gasteiger partial charge on any atom is 0.135 e. The molecule has 1 aliphatic heterocycles. The molecule has 4 nitrogen and oxygen atoms in total. The van der Waals surface area contributed by atoms with Gasteiger partial charge in [-0.1, -0.05) is 0 Å². The van der Waals surface area contributed by atoms with Crippen molar-refractivity contribution in [1.82, 2.24) is 4.90 Å². The van der Waals surface area contributed by atoms with Gasteiger partial charge in [0.05, 0.1) is 12.8 Å². The summed E-state index contributed by atoms with van der Waals surface area (Å²) in [5, 5.41) is 0. The SMILES string of the molecule is NCc1coc(CN2CCC(=O)CC2)c1. The van der Waals surface area contributed by atoms with Crippen molar-refractivity contribution in [3.63, 3.8) is 0 Å². The third-order valence-corrected chi connectivity index (χ3v) is 2.74. The molecule has 1 aromatic heterocycles. The number of piperidine rings is 1. The Morgan fingerprint density at radius 1 is 1.40 bits per heavy atom. The molecule has 82 valence electrons. The first kappa shape index (κ1) is 10.4. The van der Waals surface area contributed by atoms with Gasteiger partial charge >= 0.3 is 0 Å². The van der Waals surface area contributed by atoms with Crippen LogP contribution in [-0.2, 0) is 17.9 Å². The van der Waals surface area contributed by atoms with Crippen LogP contribution >= 0.6 is 0 Å². The highest BCUT2D eigenvalue weighted by molar-refractivity contribution is 5.79. The molecule has 2 heterocycles. The molecule has 0 radical (unpaired) electrons. The van der Waals surface area contributed by atoms with Crippen LogP contribution in [0.5, 0.6) is 0 Å². The van der Waals surface area contributed by atoms with E-state index in [0.717, 1.165) is 31.0 Å². The number of ketones is 1. The molecule has 0 unspecified atom stereocenters. The van der Waals surface area contributed by atoms with E-state index in [1.54, 1.807) is 6.26 Å². The molecule has 1 fully saturated rings. The molecule has 2 rings (SSSR count). The molecule has 0 aliphatic carbocycles. The molecule has 0 atom stereocenters. The summed E-state index contributed by atoms with van der Waals surface area (Å²) in [6.45, 7) is 2.99. The van der Waals surface area contributed by atoms with Gasteiger partial charge in [-0.05, 0) is 6.07 Å². The Hall–Kier alpha value is -1.13. The first-order valence-electron chi connectivity index (χ1n) is 5.28. The van der Waals surface area contributed by atoms with Gasteiger partial charge in [0, 0.05) is 38.0 Å². The Balaban J connectivity index is 1.88. The minimum Gasteiger partial charge on any atom is -0.468 e. The molecule has 0 saturated carbocycles. The molecule has 1 saturated heterocycles. The van der Waals surface area contributed by atoms with Crippen molar-refractivity contribution < 1.29 is 9.21 Å². The van der Waals surface area contributed by atoms with Crippen molar-refractivity contribution in [3.05, 3.63) is 23.7 Å². The van der Waals surface area contributed by atoms with Gasteiger partial charge in [0.15, 0.2) is 0 Å². The first-order chi connectivity index (χ1) is 7.28. The van der Waals surface area contributed by atoms with Crippen LogP contribution in [-0.4, -0.2) is 23.8 Å². The molecule has 0 bridgehead atoms. The molecule has 0 aromatic carbocycles. The number of furan rings is 1. The number of hydrogen-bond donors (Lipinski definition) is 1. The standard InChI is InChI=1S/C11H16N2O2/c12-6-9-5-11(15-8-9)7-13-3-1-10(14)2-4-13/h5,8H,1-4,6-7,12H2. The maximum absolute atomic E-state index is 11.0. The van der Waals surface area contributed by atoms with Gasteiger partial charge in [0.25, 0.3) is 0 Å². The zero-order valence-electron chi connectivity index (χ0n) is 8.74. The second kappa shape index (κ2) is 4.59. The predicted molar refractivity (Wildman–Crippen MR) is 56.1 cm³/mol. The van der Waals surface area contributed by atoms with Gasteiger partial charge in [-0.15, -0.1) is 0 Å². The van der Waals surface area contributed by atoms with Gasteiger partial charge < -0.3 is 10.2 Å². The van der Waals surface area contributed by atoms with Crippen LogP contribution in [0.2, 0.25) is 0 Å². The quantitative estimate of drug-likeness (QED) is 0.801. The summed E-state index contributed by atoms with van der Waals surface area (Å²) in [7, 11) is 0. The highest BCUT2D eigenvalue weighted by Gasteiger charge is 2.17. The monoisotopic (exact) mass is 208 g/mol. The van der Waals surface area contributed by atoms with Crippen LogP contribution in [0.15, 0.2) is 16.7 Å². The Kier molecular flexibility index (Phi) is 3.18. The third kappa shape index (κ3) is 2.67. The number of rotatable bonds is 3. The van der Waals surface area contributed by atoms with E-state index in [1.807, 2.05) is 6.07 Å². The zero-order chi connectivity index (χ0) is 10.7. The number of likely N-dealkylation sites (tertiary alicyclic amines) is 1. The molecule has 4 heteroatoms. The zero-order valence-corrected chi connectivity index (χ0v) is 8.74. The summed E-state index contributed by atoms with van der Waals surface area (Å²) in [5.41, 5.74) is 6.52. The van der Waals surface area contributed by atoms with E-state index in [1.165, 1.54) is 0 Å². The Morgan fingerprint density at radius 3 is 2.73 bits per heavy atom. The van der Waals surface area contributed by atoms with Crippen molar-refractivity contribution >= 4 is 5.78 Å². The fourth-order valence-electron chi connectivity index (χ4n) is 1.80. The van der Waals surface area contributed by atoms with Crippen molar-refractivity contribution in [2.75, 3.05) is 13.1 Å². The van der Waals surface area contributed by atoms with E-state index in [0.29, 0.717) is 25.2 Å². The van der Waals surface area contributed by atoms with E-state index in [4.69, 9.17) is 10.2 Å². The summed E-state index contributed by atoms with van der Waals surface area (Å²) in [6.07, 6.45) is 3.04. The number of Topliss-reactive ketones (excluding diaryl/α,β-unsaturated/α-hetero) is 1. The molecule has 0 amide bonds. The van der Waals surface area contributed by atoms with Crippen LogP contribution in [0.3, 0.4) is 0 Å². The summed E-state index contributed by atoms with van der Waals surface area (Å²) >= 11 is 0. The van der Waals surface area contributed by atoms with E-state index in [-0.39, 0.29) is 0 Å². The average Bonchev–Trinajstić information content (AvgIpc) is 2.69. The minimum absolute atomic E-state index is 0.369. The number of nitrogens with two attached hydrogens (primary N) is 1. The number of hydrogen-bond acceptors (Lipinski definition) is 4. The highest BCUT2D eigenvalue weighted by Crippen LogP contribution is 2.13. The van der Waals surface area contributed by atoms with E-state index in [9.17, 15) is 4.79 Å². The average molecular weight is 208 g/mol. The van der Waals surface area contributed by atoms with Crippen molar-refractivity contribution in [3.8, 4) is 0 Å². The molecular formula is C11H16N2O2. The van der Waals surface area contributed by atoms with Crippen molar-refractivity contribution in [2.45, 2.75) is 25.9 Å². The smallest absolute Gasteiger partial charge is 0.135 e. The van der Waals surface area contributed by atoms with E-state index in [2.05, 4.69) is 4.90 Å².